The summed E-state index contributed by atoms with van der Waals surface area (Å²) in [6.45, 7) is 2.36. The highest BCUT2D eigenvalue weighted by molar-refractivity contribution is 5.77. The Balaban J connectivity index is 1.42. The van der Waals surface area contributed by atoms with Gasteiger partial charge in [0.25, 0.3) is 0 Å². The van der Waals surface area contributed by atoms with Crippen molar-refractivity contribution in [1.29, 1.82) is 0 Å². The molecule has 0 bridgehead atoms. The molecule has 2 aliphatic heterocycles. The Bertz CT molecular complexity index is 562. The van der Waals surface area contributed by atoms with Crippen LogP contribution in [0.3, 0.4) is 0 Å². The lowest BCUT2D eigenvalue weighted by Crippen LogP contribution is -2.31. The molecule has 2 saturated heterocycles. The molecule has 1 aromatic heterocycles. The standard InChI is InChI=1S/C18H27N3O3/c22-16(12-13-4-1-2-5-13)21-9-3-6-15(21)18-19-17(20-24-18)14-7-10-23-11-8-14/h13-15H,1-12H2. The van der Waals surface area contributed by atoms with Gasteiger partial charge in [0.1, 0.15) is 6.04 Å². The van der Waals surface area contributed by atoms with E-state index in [-0.39, 0.29) is 11.9 Å². The average Bonchev–Trinajstić information content (AvgIpc) is 3.36. The van der Waals surface area contributed by atoms with Gasteiger partial charge in [0.2, 0.25) is 11.8 Å². The molecule has 1 unspecified atom stereocenters. The predicted molar refractivity (Wildman–Crippen MR) is 87.4 cm³/mol. The quantitative estimate of drug-likeness (QED) is 0.846. The summed E-state index contributed by atoms with van der Waals surface area (Å²) in [5.74, 6) is 2.62. The van der Waals surface area contributed by atoms with Crippen molar-refractivity contribution in [3.8, 4) is 0 Å². The van der Waals surface area contributed by atoms with E-state index in [2.05, 4.69) is 10.1 Å². The molecule has 0 spiro atoms. The smallest absolute Gasteiger partial charge is 0.249 e. The van der Waals surface area contributed by atoms with Gasteiger partial charge < -0.3 is 14.2 Å². The minimum Gasteiger partial charge on any atom is -0.381 e. The topological polar surface area (TPSA) is 68.5 Å². The second kappa shape index (κ2) is 7.21. The molecule has 3 aliphatic rings. The molecule has 0 aromatic carbocycles. The largest absolute Gasteiger partial charge is 0.381 e. The third-order valence-electron chi connectivity index (χ3n) is 5.84. The number of amides is 1. The van der Waals surface area contributed by atoms with Gasteiger partial charge in [-0.2, -0.15) is 4.98 Å². The Labute approximate surface area is 142 Å². The summed E-state index contributed by atoms with van der Waals surface area (Å²) >= 11 is 0. The zero-order valence-corrected chi connectivity index (χ0v) is 14.3. The summed E-state index contributed by atoms with van der Waals surface area (Å²) in [7, 11) is 0. The first kappa shape index (κ1) is 16.1. The van der Waals surface area contributed by atoms with Crippen LogP contribution < -0.4 is 0 Å². The van der Waals surface area contributed by atoms with Crippen LogP contribution in [0.2, 0.25) is 0 Å². The van der Waals surface area contributed by atoms with Gasteiger partial charge in [-0.05, 0) is 44.4 Å². The zero-order chi connectivity index (χ0) is 16.4. The zero-order valence-electron chi connectivity index (χ0n) is 14.3. The van der Waals surface area contributed by atoms with Crippen molar-refractivity contribution in [2.24, 2.45) is 5.92 Å². The monoisotopic (exact) mass is 333 g/mol. The van der Waals surface area contributed by atoms with Crippen molar-refractivity contribution in [1.82, 2.24) is 15.0 Å². The Morgan fingerprint density at radius 2 is 1.88 bits per heavy atom. The van der Waals surface area contributed by atoms with Crippen LogP contribution in [0, 0.1) is 5.92 Å². The summed E-state index contributed by atoms with van der Waals surface area (Å²) in [5.41, 5.74) is 0. The van der Waals surface area contributed by atoms with Crippen LogP contribution in [0.1, 0.15) is 81.5 Å². The van der Waals surface area contributed by atoms with Crippen LogP contribution in [0.4, 0.5) is 0 Å². The Morgan fingerprint density at radius 3 is 2.67 bits per heavy atom. The van der Waals surface area contributed by atoms with Crippen molar-refractivity contribution in [3.05, 3.63) is 11.7 Å². The van der Waals surface area contributed by atoms with E-state index in [1.807, 2.05) is 4.90 Å². The maximum Gasteiger partial charge on any atom is 0.249 e. The molecule has 0 N–H and O–H groups in total. The van der Waals surface area contributed by atoms with E-state index in [1.54, 1.807) is 0 Å². The number of carbonyl (C=O) groups is 1. The van der Waals surface area contributed by atoms with Crippen LogP contribution in [-0.2, 0) is 9.53 Å². The summed E-state index contributed by atoms with van der Waals surface area (Å²) in [5, 5.41) is 4.20. The lowest BCUT2D eigenvalue weighted by atomic mass is 10.00. The van der Waals surface area contributed by atoms with Crippen molar-refractivity contribution >= 4 is 5.91 Å². The van der Waals surface area contributed by atoms with Crippen molar-refractivity contribution in [2.75, 3.05) is 19.8 Å². The first-order valence-corrected chi connectivity index (χ1v) is 9.52. The molecule has 1 aliphatic carbocycles. The van der Waals surface area contributed by atoms with Crippen LogP contribution in [-0.4, -0.2) is 40.7 Å². The van der Waals surface area contributed by atoms with Crippen LogP contribution >= 0.6 is 0 Å². The number of carbonyl (C=O) groups excluding carboxylic acids is 1. The number of rotatable bonds is 4. The number of aromatic nitrogens is 2. The fourth-order valence-electron chi connectivity index (χ4n) is 4.40. The minimum absolute atomic E-state index is 0.0139. The van der Waals surface area contributed by atoms with Gasteiger partial charge >= 0.3 is 0 Å². The number of hydrogen-bond donors (Lipinski definition) is 0. The lowest BCUT2D eigenvalue weighted by Gasteiger charge is -2.23. The molecule has 6 nitrogen and oxygen atoms in total. The molecule has 24 heavy (non-hydrogen) atoms. The third-order valence-corrected chi connectivity index (χ3v) is 5.84. The molecule has 1 saturated carbocycles. The molecule has 1 aromatic rings. The average molecular weight is 333 g/mol. The Morgan fingerprint density at radius 1 is 1.08 bits per heavy atom. The third kappa shape index (κ3) is 3.34. The van der Waals surface area contributed by atoms with Gasteiger partial charge in [-0.25, -0.2) is 0 Å². The molecular formula is C18H27N3O3. The summed E-state index contributed by atoms with van der Waals surface area (Å²) in [6.07, 6.45) is 9.53. The van der Waals surface area contributed by atoms with E-state index >= 15 is 0 Å². The Kier molecular flexibility index (Phi) is 4.83. The predicted octanol–water partition coefficient (Wildman–Crippen LogP) is 3.21. The number of likely N-dealkylation sites (tertiary alicyclic amines) is 1. The number of hydrogen-bond acceptors (Lipinski definition) is 5. The molecule has 1 atom stereocenters. The van der Waals surface area contributed by atoms with Crippen LogP contribution in [0.5, 0.6) is 0 Å². The fraction of sp³-hybridized carbons (Fsp3) is 0.833. The highest BCUT2D eigenvalue weighted by Crippen LogP contribution is 2.35. The molecular weight excluding hydrogens is 306 g/mol. The van der Waals surface area contributed by atoms with Gasteiger partial charge in [-0.1, -0.05) is 18.0 Å². The second-order valence-electron chi connectivity index (χ2n) is 7.48. The van der Waals surface area contributed by atoms with E-state index in [4.69, 9.17) is 9.26 Å². The van der Waals surface area contributed by atoms with Crippen LogP contribution in [0.15, 0.2) is 4.52 Å². The highest BCUT2D eigenvalue weighted by Gasteiger charge is 2.35. The summed E-state index contributed by atoms with van der Waals surface area (Å²) < 4.78 is 11.0. The minimum atomic E-state index is -0.0139. The Hall–Kier alpha value is -1.43. The van der Waals surface area contributed by atoms with Gasteiger partial charge in [0, 0.05) is 32.1 Å². The van der Waals surface area contributed by atoms with E-state index in [0.717, 1.165) is 51.3 Å². The fourth-order valence-corrected chi connectivity index (χ4v) is 4.40. The highest BCUT2D eigenvalue weighted by atomic mass is 16.5. The van der Waals surface area contributed by atoms with Crippen LogP contribution in [0.25, 0.3) is 0 Å². The molecule has 1 amide bonds. The van der Waals surface area contributed by atoms with Gasteiger partial charge in [-0.3, -0.25) is 4.79 Å². The first-order valence-electron chi connectivity index (χ1n) is 9.52. The molecule has 3 fully saturated rings. The molecule has 4 rings (SSSR count). The number of ether oxygens (including phenoxy) is 1. The molecule has 6 heteroatoms. The molecule has 132 valence electrons. The number of nitrogens with zero attached hydrogens (tertiary/aromatic N) is 3. The summed E-state index contributed by atoms with van der Waals surface area (Å²) in [4.78, 5) is 19.4. The van der Waals surface area contributed by atoms with Crippen molar-refractivity contribution in [2.45, 2.75) is 69.7 Å². The van der Waals surface area contributed by atoms with Gasteiger partial charge in [0.15, 0.2) is 5.82 Å². The molecule has 0 radical (unpaired) electrons. The maximum absolute atomic E-state index is 12.7. The van der Waals surface area contributed by atoms with E-state index in [0.29, 0.717) is 24.1 Å². The van der Waals surface area contributed by atoms with E-state index in [1.165, 1.54) is 25.7 Å². The SMILES string of the molecule is O=C(CC1CCCC1)N1CCCC1c1nc(C2CCOCC2)no1. The van der Waals surface area contributed by atoms with Crippen molar-refractivity contribution in [3.63, 3.8) is 0 Å². The van der Waals surface area contributed by atoms with E-state index in [9.17, 15) is 4.79 Å². The maximum atomic E-state index is 12.7. The molecule has 3 heterocycles. The lowest BCUT2D eigenvalue weighted by molar-refractivity contribution is -0.133. The van der Waals surface area contributed by atoms with E-state index < -0.39 is 0 Å². The second-order valence-corrected chi connectivity index (χ2v) is 7.48. The first-order chi connectivity index (χ1) is 11.8. The van der Waals surface area contributed by atoms with Gasteiger partial charge in [-0.15, -0.1) is 0 Å². The normalized spacial score (nSPS) is 26.3. The summed E-state index contributed by atoms with van der Waals surface area (Å²) in [6, 6.07) is -0.0139. The van der Waals surface area contributed by atoms with Crippen molar-refractivity contribution < 1.29 is 14.1 Å². The van der Waals surface area contributed by atoms with Gasteiger partial charge in [0.05, 0.1) is 0 Å².